The van der Waals surface area contributed by atoms with Crippen molar-refractivity contribution in [2.45, 2.75) is 19.1 Å². The Morgan fingerprint density at radius 2 is 1.94 bits per heavy atom. The summed E-state index contributed by atoms with van der Waals surface area (Å²) in [6.07, 6.45) is 0.0110. The largest absolute Gasteiger partial charge is 0.488 e. The van der Waals surface area contributed by atoms with E-state index < -0.39 is 0 Å². The summed E-state index contributed by atoms with van der Waals surface area (Å²) in [6.45, 7) is 1.98. The van der Waals surface area contributed by atoms with E-state index in [-0.39, 0.29) is 12.1 Å². The van der Waals surface area contributed by atoms with E-state index in [1.54, 1.807) is 0 Å². The van der Waals surface area contributed by atoms with Gasteiger partial charge in [0, 0.05) is 21.4 Å². The van der Waals surface area contributed by atoms with Crippen molar-refractivity contribution in [1.29, 1.82) is 0 Å². The minimum absolute atomic E-state index is 0.0110. The molecule has 0 spiro atoms. The molecule has 1 aliphatic rings. The van der Waals surface area contributed by atoms with Crippen molar-refractivity contribution >= 4 is 22.4 Å². The maximum atomic E-state index is 6.24. The second-order valence-corrected chi connectivity index (χ2v) is 4.58. The monoisotopic (exact) mass is 233 g/mol. The van der Waals surface area contributed by atoms with Crippen LogP contribution in [0.15, 0.2) is 30.3 Å². The van der Waals surface area contributed by atoms with Crippen molar-refractivity contribution in [3.05, 3.63) is 40.9 Å². The number of halogens is 1. The fourth-order valence-electron chi connectivity index (χ4n) is 2.22. The highest BCUT2D eigenvalue weighted by Gasteiger charge is 2.30. The first kappa shape index (κ1) is 9.94. The van der Waals surface area contributed by atoms with Gasteiger partial charge in [-0.15, -0.1) is 0 Å². The lowest BCUT2D eigenvalue weighted by molar-refractivity contribution is 0.230. The number of rotatable bonds is 0. The molecule has 2 nitrogen and oxygen atoms in total. The van der Waals surface area contributed by atoms with Crippen molar-refractivity contribution in [2.75, 3.05) is 0 Å². The Morgan fingerprint density at radius 3 is 2.69 bits per heavy atom. The molecule has 0 aromatic heterocycles. The Labute approximate surface area is 99.0 Å². The van der Waals surface area contributed by atoms with Crippen LogP contribution < -0.4 is 10.5 Å². The predicted molar refractivity (Wildman–Crippen MR) is 66.0 cm³/mol. The van der Waals surface area contributed by atoms with Crippen LogP contribution in [0.2, 0.25) is 5.02 Å². The molecule has 0 aliphatic carbocycles. The summed E-state index contributed by atoms with van der Waals surface area (Å²) >= 11 is 6.24. The third-order valence-electron chi connectivity index (χ3n) is 3.14. The van der Waals surface area contributed by atoms with E-state index >= 15 is 0 Å². The number of hydrogen-bond donors (Lipinski definition) is 1. The highest BCUT2D eigenvalue weighted by Crippen LogP contribution is 2.43. The van der Waals surface area contributed by atoms with Gasteiger partial charge in [-0.2, -0.15) is 0 Å². The van der Waals surface area contributed by atoms with E-state index in [1.165, 1.54) is 0 Å². The Bertz CT molecular complexity index is 567. The molecule has 1 heterocycles. The summed E-state index contributed by atoms with van der Waals surface area (Å²) in [7, 11) is 0. The van der Waals surface area contributed by atoms with Crippen molar-refractivity contribution in [3.63, 3.8) is 0 Å². The third kappa shape index (κ3) is 1.24. The summed E-state index contributed by atoms with van der Waals surface area (Å²) in [5.41, 5.74) is 7.08. The van der Waals surface area contributed by atoms with Crippen molar-refractivity contribution in [1.82, 2.24) is 0 Å². The SMILES string of the molecule is CC1Oc2c(cc(Cl)c3ccccc23)C1N. The van der Waals surface area contributed by atoms with Crippen molar-refractivity contribution in [3.8, 4) is 5.75 Å². The van der Waals surface area contributed by atoms with Crippen molar-refractivity contribution < 1.29 is 4.74 Å². The van der Waals surface area contributed by atoms with Gasteiger partial charge in [0.1, 0.15) is 11.9 Å². The van der Waals surface area contributed by atoms with Crippen LogP contribution in [0, 0.1) is 0 Å². The highest BCUT2D eigenvalue weighted by atomic mass is 35.5. The smallest absolute Gasteiger partial charge is 0.132 e. The van der Waals surface area contributed by atoms with Gasteiger partial charge in [0.2, 0.25) is 0 Å². The molecule has 2 aromatic carbocycles. The van der Waals surface area contributed by atoms with Crippen LogP contribution in [0.3, 0.4) is 0 Å². The summed E-state index contributed by atoms with van der Waals surface area (Å²) in [4.78, 5) is 0. The number of fused-ring (bicyclic) bond motifs is 3. The second-order valence-electron chi connectivity index (χ2n) is 4.17. The second kappa shape index (κ2) is 3.37. The quantitative estimate of drug-likeness (QED) is 0.758. The standard InChI is InChI=1S/C13H12ClNO/c1-7-12(15)10-6-11(14)8-4-2-3-5-9(8)13(10)16-7/h2-7,12H,15H2,1H3. The first-order chi connectivity index (χ1) is 7.68. The molecule has 0 bridgehead atoms. The molecule has 2 unspecified atom stereocenters. The Morgan fingerprint density at radius 1 is 1.25 bits per heavy atom. The number of nitrogens with two attached hydrogens (primary N) is 1. The van der Waals surface area contributed by atoms with Crippen LogP contribution in [0.1, 0.15) is 18.5 Å². The fourth-order valence-corrected chi connectivity index (χ4v) is 2.50. The maximum Gasteiger partial charge on any atom is 0.132 e. The minimum atomic E-state index is -0.0860. The minimum Gasteiger partial charge on any atom is -0.488 e. The van der Waals surface area contributed by atoms with Gasteiger partial charge in [-0.1, -0.05) is 35.9 Å². The molecule has 2 aromatic rings. The molecule has 3 heteroatoms. The van der Waals surface area contributed by atoms with Crippen LogP contribution in [0.5, 0.6) is 5.75 Å². The Kier molecular flexibility index (Phi) is 2.09. The fraction of sp³-hybridized carbons (Fsp3) is 0.231. The molecule has 0 saturated carbocycles. The van der Waals surface area contributed by atoms with E-state index in [1.807, 2.05) is 37.3 Å². The summed E-state index contributed by atoms with van der Waals surface area (Å²) in [6, 6.07) is 9.81. The summed E-state index contributed by atoms with van der Waals surface area (Å²) in [5, 5.41) is 2.80. The zero-order valence-corrected chi connectivity index (χ0v) is 9.66. The Hall–Kier alpha value is -1.25. The molecule has 1 aliphatic heterocycles. The number of benzene rings is 2. The van der Waals surface area contributed by atoms with Crippen LogP contribution in [0.4, 0.5) is 0 Å². The number of ether oxygens (including phenoxy) is 1. The van der Waals surface area contributed by atoms with E-state index in [2.05, 4.69) is 0 Å². The van der Waals surface area contributed by atoms with Crippen LogP contribution in [-0.4, -0.2) is 6.10 Å². The first-order valence-corrected chi connectivity index (χ1v) is 5.69. The maximum absolute atomic E-state index is 6.24. The first-order valence-electron chi connectivity index (χ1n) is 5.32. The Balaban J connectivity index is 2.38. The molecule has 3 rings (SSSR count). The molecular formula is C13H12ClNO. The van der Waals surface area contributed by atoms with Crippen LogP contribution in [0.25, 0.3) is 10.8 Å². The van der Waals surface area contributed by atoms with Gasteiger partial charge >= 0.3 is 0 Å². The molecule has 0 amide bonds. The zero-order chi connectivity index (χ0) is 11.3. The van der Waals surface area contributed by atoms with E-state index in [4.69, 9.17) is 22.1 Å². The summed E-state index contributed by atoms with van der Waals surface area (Å²) in [5.74, 6) is 0.889. The van der Waals surface area contributed by atoms with Crippen molar-refractivity contribution in [2.24, 2.45) is 5.73 Å². The number of hydrogen-bond acceptors (Lipinski definition) is 2. The molecule has 0 fully saturated rings. The lowest BCUT2D eigenvalue weighted by atomic mass is 10.0. The van der Waals surface area contributed by atoms with Gasteiger partial charge < -0.3 is 10.5 Å². The average Bonchev–Trinajstić information content (AvgIpc) is 2.57. The normalized spacial score (nSPS) is 23.2. The molecule has 82 valence electrons. The lowest BCUT2D eigenvalue weighted by Gasteiger charge is -2.07. The topological polar surface area (TPSA) is 35.2 Å². The zero-order valence-electron chi connectivity index (χ0n) is 8.91. The van der Waals surface area contributed by atoms with E-state index in [9.17, 15) is 0 Å². The van der Waals surface area contributed by atoms with Gasteiger partial charge in [-0.25, -0.2) is 0 Å². The third-order valence-corrected chi connectivity index (χ3v) is 3.45. The molecule has 2 atom stereocenters. The van der Waals surface area contributed by atoms with Gasteiger partial charge in [0.25, 0.3) is 0 Å². The molecule has 2 N–H and O–H groups in total. The van der Waals surface area contributed by atoms with Crippen LogP contribution in [-0.2, 0) is 0 Å². The molecular weight excluding hydrogens is 222 g/mol. The lowest BCUT2D eigenvalue weighted by Crippen LogP contribution is -2.21. The van der Waals surface area contributed by atoms with E-state index in [0.717, 1.165) is 27.1 Å². The van der Waals surface area contributed by atoms with Gasteiger partial charge in [-0.05, 0) is 13.0 Å². The average molecular weight is 234 g/mol. The highest BCUT2D eigenvalue weighted by molar-refractivity contribution is 6.36. The predicted octanol–water partition coefficient (Wildman–Crippen LogP) is 3.27. The molecule has 16 heavy (non-hydrogen) atoms. The van der Waals surface area contributed by atoms with E-state index in [0.29, 0.717) is 0 Å². The molecule has 0 radical (unpaired) electrons. The molecule has 0 saturated heterocycles. The van der Waals surface area contributed by atoms with Gasteiger partial charge in [0.15, 0.2) is 0 Å². The van der Waals surface area contributed by atoms with Gasteiger partial charge in [-0.3, -0.25) is 0 Å². The van der Waals surface area contributed by atoms with Crippen LogP contribution >= 0.6 is 11.6 Å². The summed E-state index contributed by atoms with van der Waals surface area (Å²) < 4.78 is 5.80. The van der Waals surface area contributed by atoms with Gasteiger partial charge in [0.05, 0.1) is 6.04 Å².